The second-order valence-electron chi connectivity index (χ2n) is 6.28. The van der Waals surface area contributed by atoms with Crippen molar-refractivity contribution in [1.29, 1.82) is 0 Å². The minimum absolute atomic E-state index is 0.0112. The molecule has 2 N–H and O–H groups in total. The number of para-hydroxylation sites is 2. The van der Waals surface area contributed by atoms with Crippen LogP contribution in [-0.2, 0) is 5.60 Å². The Morgan fingerprint density at radius 3 is 2.81 bits per heavy atom. The number of amides is 1. The molecule has 0 radical (unpaired) electrons. The van der Waals surface area contributed by atoms with Gasteiger partial charge in [-0.25, -0.2) is 0 Å². The molecule has 6 nitrogen and oxygen atoms in total. The molecule has 26 heavy (non-hydrogen) atoms. The van der Waals surface area contributed by atoms with E-state index in [0.717, 1.165) is 0 Å². The van der Waals surface area contributed by atoms with Crippen molar-refractivity contribution in [2.24, 2.45) is 0 Å². The van der Waals surface area contributed by atoms with Gasteiger partial charge in [0.1, 0.15) is 16.9 Å². The summed E-state index contributed by atoms with van der Waals surface area (Å²) in [5.74, 6) is -0.0318. The molecule has 1 amide bonds. The van der Waals surface area contributed by atoms with Crippen molar-refractivity contribution in [3.05, 3.63) is 76.1 Å². The van der Waals surface area contributed by atoms with Crippen LogP contribution in [0.3, 0.4) is 0 Å². The fraction of sp³-hybridized carbons (Fsp3) is 0.200. The molecule has 132 valence electrons. The molecule has 4 rings (SSSR count). The summed E-state index contributed by atoms with van der Waals surface area (Å²) in [4.78, 5) is 24.6. The van der Waals surface area contributed by atoms with Gasteiger partial charge in [0.2, 0.25) is 0 Å². The van der Waals surface area contributed by atoms with E-state index < -0.39 is 11.5 Å². The number of benzene rings is 2. The van der Waals surface area contributed by atoms with E-state index in [0.29, 0.717) is 35.3 Å². The first-order valence-corrected chi connectivity index (χ1v) is 8.33. The van der Waals surface area contributed by atoms with E-state index in [1.165, 1.54) is 6.07 Å². The van der Waals surface area contributed by atoms with Crippen molar-refractivity contribution in [3.8, 4) is 5.75 Å². The number of nitrogens with one attached hydrogen (secondary N) is 1. The maximum absolute atomic E-state index is 12.5. The summed E-state index contributed by atoms with van der Waals surface area (Å²) in [7, 11) is 0. The normalized spacial score (nSPS) is 18.8. The summed E-state index contributed by atoms with van der Waals surface area (Å²) in [6, 6.07) is 15.1. The van der Waals surface area contributed by atoms with Gasteiger partial charge in [0.05, 0.1) is 18.5 Å². The van der Waals surface area contributed by atoms with Gasteiger partial charge in [-0.3, -0.25) is 9.59 Å². The first-order valence-electron chi connectivity index (χ1n) is 8.33. The zero-order chi connectivity index (χ0) is 18.1. The molecule has 1 unspecified atom stereocenters. The highest BCUT2D eigenvalue weighted by atomic mass is 16.5. The second kappa shape index (κ2) is 6.31. The zero-order valence-electron chi connectivity index (χ0n) is 13.9. The Bertz CT molecular complexity index is 1040. The molecule has 3 aromatic rings. The fourth-order valence-electron chi connectivity index (χ4n) is 3.15. The van der Waals surface area contributed by atoms with Gasteiger partial charge in [-0.1, -0.05) is 30.3 Å². The van der Waals surface area contributed by atoms with Crippen LogP contribution in [-0.4, -0.2) is 24.2 Å². The third-order valence-corrected chi connectivity index (χ3v) is 4.56. The van der Waals surface area contributed by atoms with Crippen molar-refractivity contribution in [2.45, 2.75) is 12.0 Å². The molecule has 0 saturated carbocycles. The van der Waals surface area contributed by atoms with Crippen LogP contribution < -0.4 is 15.5 Å². The Labute approximate surface area is 149 Å². The van der Waals surface area contributed by atoms with Gasteiger partial charge in [0.15, 0.2) is 11.2 Å². The number of carbonyl (C=O) groups excluding carboxylic acids is 1. The molecule has 0 spiro atoms. The molecule has 0 saturated heterocycles. The Morgan fingerprint density at radius 2 is 1.92 bits per heavy atom. The van der Waals surface area contributed by atoms with Crippen LogP contribution in [0.15, 0.2) is 63.8 Å². The fourth-order valence-corrected chi connectivity index (χ4v) is 3.15. The topological polar surface area (TPSA) is 88.8 Å². The smallest absolute Gasteiger partial charge is 0.287 e. The lowest BCUT2D eigenvalue weighted by atomic mass is 9.88. The number of carbonyl (C=O) groups is 1. The minimum atomic E-state index is -1.23. The van der Waals surface area contributed by atoms with E-state index in [4.69, 9.17) is 9.15 Å². The lowest BCUT2D eigenvalue weighted by molar-refractivity contribution is -0.00180. The molecular weight excluding hydrogens is 334 g/mol. The van der Waals surface area contributed by atoms with Crippen molar-refractivity contribution < 1.29 is 19.1 Å². The zero-order valence-corrected chi connectivity index (χ0v) is 13.9. The van der Waals surface area contributed by atoms with E-state index in [1.54, 1.807) is 36.4 Å². The molecule has 2 aromatic carbocycles. The molecule has 0 fully saturated rings. The molecule has 6 heteroatoms. The average Bonchev–Trinajstić information content (AvgIpc) is 2.66. The van der Waals surface area contributed by atoms with Crippen LogP contribution in [0, 0.1) is 0 Å². The molecule has 1 aliphatic rings. The molecule has 0 aliphatic carbocycles. The number of rotatable bonds is 3. The van der Waals surface area contributed by atoms with E-state index in [1.807, 2.05) is 12.1 Å². The summed E-state index contributed by atoms with van der Waals surface area (Å²) in [6.45, 7) is 0.344. The standard InChI is InChI=1S/C20H17NO5/c22-15-11-18(26-16-7-3-1-5-13(15)16)19(23)21-12-20(24)9-10-25-17-8-4-2-6-14(17)20/h1-8,11,24H,9-10,12H2,(H,21,23). The third kappa shape index (κ3) is 2.84. The van der Waals surface area contributed by atoms with Crippen molar-refractivity contribution >= 4 is 16.9 Å². The number of hydrogen-bond acceptors (Lipinski definition) is 5. The van der Waals surface area contributed by atoms with Crippen LogP contribution in [0.2, 0.25) is 0 Å². The molecule has 1 aliphatic heterocycles. The highest BCUT2D eigenvalue weighted by Gasteiger charge is 2.36. The maximum atomic E-state index is 12.5. The van der Waals surface area contributed by atoms with E-state index in [-0.39, 0.29) is 17.7 Å². The lowest BCUT2D eigenvalue weighted by Crippen LogP contribution is -2.44. The Kier molecular flexibility index (Phi) is 3.97. The predicted molar refractivity (Wildman–Crippen MR) is 95.3 cm³/mol. The third-order valence-electron chi connectivity index (χ3n) is 4.56. The summed E-state index contributed by atoms with van der Waals surface area (Å²) in [5, 5.41) is 14.0. The molecule has 0 bridgehead atoms. The average molecular weight is 351 g/mol. The largest absolute Gasteiger partial charge is 0.493 e. The van der Waals surface area contributed by atoms with Gasteiger partial charge in [0.25, 0.3) is 5.91 Å². The summed E-state index contributed by atoms with van der Waals surface area (Å²) in [6.07, 6.45) is 0.353. The van der Waals surface area contributed by atoms with E-state index >= 15 is 0 Å². The molecule has 1 atom stereocenters. The highest BCUT2D eigenvalue weighted by Crippen LogP contribution is 2.36. The minimum Gasteiger partial charge on any atom is -0.493 e. The highest BCUT2D eigenvalue weighted by molar-refractivity contribution is 5.93. The molecular formula is C20H17NO5. The SMILES string of the molecule is O=C(NCC1(O)CCOc2ccccc21)c1cc(=O)c2ccccc2o1. The van der Waals surface area contributed by atoms with Gasteiger partial charge in [0, 0.05) is 18.1 Å². The molecule has 1 aromatic heterocycles. The summed E-state index contributed by atoms with van der Waals surface area (Å²) in [5.41, 5.74) is -0.541. The van der Waals surface area contributed by atoms with Crippen LogP contribution in [0.4, 0.5) is 0 Å². The maximum Gasteiger partial charge on any atom is 0.287 e. The van der Waals surface area contributed by atoms with Crippen LogP contribution in [0.1, 0.15) is 22.5 Å². The number of hydrogen-bond donors (Lipinski definition) is 2. The lowest BCUT2D eigenvalue weighted by Gasteiger charge is -2.34. The Balaban J connectivity index is 1.57. The quantitative estimate of drug-likeness (QED) is 0.755. The van der Waals surface area contributed by atoms with Crippen molar-refractivity contribution in [2.75, 3.05) is 13.2 Å². The van der Waals surface area contributed by atoms with Crippen LogP contribution in [0.5, 0.6) is 5.75 Å². The predicted octanol–water partition coefficient (Wildman–Crippen LogP) is 2.19. The van der Waals surface area contributed by atoms with Gasteiger partial charge in [-0.05, 0) is 18.2 Å². The van der Waals surface area contributed by atoms with Gasteiger partial charge in [-0.15, -0.1) is 0 Å². The van der Waals surface area contributed by atoms with Gasteiger partial charge >= 0.3 is 0 Å². The van der Waals surface area contributed by atoms with Gasteiger partial charge < -0.3 is 19.6 Å². The van der Waals surface area contributed by atoms with Crippen molar-refractivity contribution in [1.82, 2.24) is 5.32 Å². The summed E-state index contributed by atoms with van der Waals surface area (Å²) >= 11 is 0. The number of ether oxygens (including phenoxy) is 1. The molecule has 2 heterocycles. The second-order valence-corrected chi connectivity index (χ2v) is 6.28. The van der Waals surface area contributed by atoms with E-state index in [9.17, 15) is 14.7 Å². The number of fused-ring (bicyclic) bond motifs is 2. The first kappa shape index (κ1) is 16.4. The first-order chi connectivity index (χ1) is 12.6. The monoisotopic (exact) mass is 351 g/mol. The summed E-state index contributed by atoms with van der Waals surface area (Å²) < 4.78 is 11.1. The van der Waals surface area contributed by atoms with Crippen LogP contribution in [0.25, 0.3) is 11.0 Å². The number of aliphatic hydroxyl groups is 1. The van der Waals surface area contributed by atoms with Crippen LogP contribution >= 0.6 is 0 Å². The van der Waals surface area contributed by atoms with Crippen molar-refractivity contribution in [3.63, 3.8) is 0 Å². The Morgan fingerprint density at radius 1 is 1.15 bits per heavy atom. The van der Waals surface area contributed by atoms with E-state index in [2.05, 4.69) is 5.32 Å². The Hall–Kier alpha value is -3.12. The van der Waals surface area contributed by atoms with Gasteiger partial charge in [-0.2, -0.15) is 0 Å².